The Morgan fingerprint density at radius 1 is 1.24 bits per heavy atom. The maximum atomic E-state index is 12.7. The topological polar surface area (TPSA) is 95.1 Å². The third-order valence-corrected chi connectivity index (χ3v) is 5.16. The smallest absolute Gasteiger partial charge is 0.265 e. The molecular formula is C20H24N2O6S. The number of rotatable bonds is 7. The summed E-state index contributed by atoms with van der Waals surface area (Å²) in [5.41, 5.74) is 0.666. The predicted octanol–water partition coefficient (Wildman–Crippen LogP) is 2.90. The van der Waals surface area contributed by atoms with Gasteiger partial charge < -0.3 is 29.6 Å². The lowest BCUT2D eigenvalue weighted by Gasteiger charge is -2.18. The van der Waals surface area contributed by atoms with E-state index in [1.165, 1.54) is 25.6 Å². The van der Waals surface area contributed by atoms with Crippen LogP contribution in [0.3, 0.4) is 0 Å². The summed E-state index contributed by atoms with van der Waals surface area (Å²) in [4.78, 5) is 25.7. The molecule has 1 aromatic heterocycles. The van der Waals surface area contributed by atoms with Crippen molar-refractivity contribution in [3.63, 3.8) is 0 Å². The number of thiophene rings is 1. The molecule has 2 heterocycles. The number of carbonyl (C=O) groups excluding carboxylic acids is 2. The van der Waals surface area contributed by atoms with E-state index in [0.29, 0.717) is 40.8 Å². The van der Waals surface area contributed by atoms with Crippen LogP contribution in [-0.4, -0.2) is 51.1 Å². The molecule has 1 fully saturated rings. The molecule has 1 aromatic carbocycles. The molecular weight excluding hydrogens is 396 g/mol. The minimum Gasteiger partial charge on any atom is -0.493 e. The minimum atomic E-state index is -0.655. The third-order valence-electron chi connectivity index (χ3n) is 4.29. The van der Waals surface area contributed by atoms with E-state index < -0.39 is 5.79 Å². The van der Waals surface area contributed by atoms with Crippen LogP contribution in [0.5, 0.6) is 11.5 Å². The molecule has 0 saturated carbocycles. The summed E-state index contributed by atoms with van der Waals surface area (Å²) in [7, 11) is 2.94. The van der Waals surface area contributed by atoms with Crippen molar-refractivity contribution in [1.29, 1.82) is 0 Å². The molecule has 1 aliphatic rings. The van der Waals surface area contributed by atoms with Crippen molar-refractivity contribution in [2.45, 2.75) is 25.7 Å². The van der Waals surface area contributed by atoms with Crippen LogP contribution in [0, 0.1) is 0 Å². The fourth-order valence-electron chi connectivity index (χ4n) is 2.95. The number of benzene rings is 1. The SMILES string of the molecule is COc1cc(C(=O)NC[C@H]2COC(C)(C)O2)cc(NC(=O)c2cccs2)c1OC. The van der Waals surface area contributed by atoms with E-state index in [1.54, 1.807) is 24.3 Å². The summed E-state index contributed by atoms with van der Waals surface area (Å²) < 4.78 is 21.9. The highest BCUT2D eigenvalue weighted by Gasteiger charge is 2.32. The Morgan fingerprint density at radius 3 is 2.62 bits per heavy atom. The van der Waals surface area contributed by atoms with Crippen molar-refractivity contribution in [2.24, 2.45) is 0 Å². The van der Waals surface area contributed by atoms with Crippen molar-refractivity contribution in [1.82, 2.24) is 5.32 Å². The molecule has 0 radical (unpaired) electrons. The lowest BCUT2D eigenvalue weighted by molar-refractivity contribution is -0.137. The lowest BCUT2D eigenvalue weighted by atomic mass is 10.1. The van der Waals surface area contributed by atoms with Crippen LogP contribution in [0.15, 0.2) is 29.6 Å². The molecule has 0 bridgehead atoms. The van der Waals surface area contributed by atoms with Gasteiger partial charge in [-0.15, -0.1) is 11.3 Å². The van der Waals surface area contributed by atoms with Crippen LogP contribution >= 0.6 is 11.3 Å². The van der Waals surface area contributed by atoms with Crippen molar-refractivity contribution in [2.75, 3.05) is 32.7 Å². The fourth-order valence-corrected chi connectivity index (χ4v) is 3.57. The van der Waals surface area contributed by atoms with E-state index in [0.717, 1.165) is 0 Å². The highest BCUT2D eigenvalue weighted by Crippen LogP contribution is 2.37. The molecule has 8 nitrogen and oxygen atoms in total. The van der Waals surface area contributed by atoms with Crippen molar-refractivity contribution in [3.8, 4) is 11.5 Å². The lowest BCUT2D eigenvalue weighted by Crippen LogP contribution is -2.34. The van der Waals surface area contributed by atoms with Gasteiger partial charge in [0.15, 0.2) is 17.3 Å². The number of anilines is 1. The molecule has 1 atom stereocenters. The molecule has 0 spiro atoms. The molecule has 29 heavy (non-hydrogen) atoms. The summed E-state index contributed by atoms with van der Waals surface area (Å²) in [6.45, 7) is 4.35. The normalized spacial score (nSPS) is 17.6. The van der Waals surface area contributed by atoms with E-state index >= 15 is 0 Å². The summed E-state index contributed by atoms with van der Waals surface area (Å²) in [5.74, 6) is -0.605. The van der Waals surface area contributed by atoms with Gasteiger partial charge in [0.05, 0.1) is 31.4 Å². The van der Waals surface area contributed by atoms with Gasteiger partial charge >= 0.3 is 0 Å². The van der Waals surface area contributed by atoms with Crippen LogP contribution in [0.25, 0.3) is 0 Å². The van der Waals surface area contributed by atoms with Crippen molar-refractivity contribution >= 4 is 28.8 Å². The molecule has 9 heteroatoms. The van der Waals surface area contributed by atoms with E-state index in [1.807, 2.05) is 19.2 Å². The van der Waals surface area contributed by atoms with Crippen molar-refractivity contribution in [3.05, 3.63) is 40.1 Å². The van der Waals surface area contributed by atoms with Gasteiger partial charge in [0.1, 0.15) is 6.10 Å². The van der Waals surface area contributed by atoms with Gasteiger partial charge in [-0.05, 0) is 37.4 Å². The monoisotopic (exact) mass is 420 g/mol. The van der Waals surface area contributed by atoms with Gasteiger partial charge in [0.2, 0.25) is 0 Å². The summed E-state index contributed by atoms with van der Waals surface area (Å²) >= 11 is 1.32. The van der Waals surface area contributed by atoms with Crippen LogP contribution < -0.4 is 20.1 Å². The van der Waals surface area contributed by atoms with Crippen molar-refractivity contribution < 1.29 is 28.5 Å². The third kappa shape index (κ3) is 5.06. The Bertz CT molecular complexity index is 881. The molecule has 2 amide bonds. The highest BCUT2D eigenvalue weighted by molar-refractivity contribution is 7.12. The van der Waals surface area contributed by atoms with Gasteiger partial charge in [0, 0.05) is 12.1 Å². The zero-order chi connectivity index (χ0) is 21.0. The second kappa shape index (κ2) is 8.81. The van der Waals surface area contributed by atoms with Gasteiger partial charge in [-0.3, -0.25) is 9.59 Å². The minimum absolute atomic E-state index is 0.230. The Balaban J connectivity index is 1.77. The average molecular weight is 420 g/mol. The largest absolute Gasteiger partial charge is 0.493 e. The molecule has 0 aliphatic carbocycles. The van der Waals surface area contributed by atoms with E-state index in [9.17, 15) is 9.59 Å². The molecule has 2 aromatic rings. The second-order valence-electron chi connectivity index (χ2n) is 6.85. The average Bonchev–Trinajstić information content (AvgIpc) is 3.35. The molecule has 1 saturated heterocycles. The number of carbonyl (C=O) groups is 2. The molecule has 0 unspecified atom stereocenters. The summed E-state index contributed by atoms with van der Waals surface area (Å²) in [5, 5.41) is 7.42. The van der Waals surface area contributed by atoms with E-state index in [4.69, 9.17) is 18.9 Å². The van der Waals surface area contributed by atoms with Gasteiger partial charge in [-0.2, -0.15) is 0 Å². The Labute approximate surface area is 173 Å². The van der Waals surface area contributed by atoms with Gasteiger partial charge in [-0.25, -0.2) is 0 Å². The number of nitrogens with one attached hydrogen (secondary N) is 2. The molecule has 156 valence electrons. The molecule has 2 N–H and O–H groups in total. The quantitative estimate of drug-likeness (QED) is 0.715. The maximum absolute atomic E-state index is 12.7. The zero-order valence-corrected chi connectivity index (χ0v) is 17.6. The summed E-state index contributed by atoms with van der Waals surface area (Å²) in [6.07, 6.45) is -0.230. The van der Waals surface area contributed by atoms with Crippen LogP contribution in [-0.2, 0) is 9.47 Å². The maximum Gasteiger partial charge on any atom is 0.265 e. The number of amides is 2. The number of ether oxygens (including phenoxy) is 4. The predicted molar refractivity (Wildman–Crippen MR) is 109 cm³/mol. The number of hydrogen-bond acceptors (Lipinski definition) is 7. The number of hydrogen-bond donors (Lipinski definition) is 2. The van der Waals surface area contributed by atoms with E-state index in [2.05, 4.69) is 10.6 Å². The van der Waals surface area contributed by atoms with E-state index in [-0.39, 0.29) is 17.9 Å². The molecule has 3 rings (SSSR count). The van der Waals surface area contributed by atoms with Crippen LogP contribution in [0.4, 0.5) is 5.69 Å². The Morgan fingerprint density at radius 2 is 2.03 bits per heavy atom. The first-order chi connectivity index (χ1) is 13.8. The van der Waals surface area contributed by atoms with Gasteiger partial charge in [-0.1, -0.05) is 6.07 Å². The highest BCUT2D eigenvalue weighted by atomic mass is 32.1. The first-order valence-corrected chi connectivity index (χ1v) is 9.92. The second-order valence-corrected chi connectivity index (χ2v) is 7.80. The summed E-state index contributed by atoms with van der Waals surface area (Å²) in [6, 6.07) is 6.62. The zero-order valence-electron chi connectivity index (χ0n) is 16.7. The van der Waals surface area contributed by atoms with Crippen LogP contribution in [0.2, 0.25) is 0 Å². The first kappa shape index (κ1) is 21.1. The first-order valence-electron chi connectivity index (χ1n) is 9.04. The molecule has 1 aliphatic heterocycles. The standard InChI is InChI=1S/C20H24N2O6S/c1-20(2)27-11-13(28-20)10-21-18(23)12-8-14(17(26-4)15(9-12)25-3)22-19(24)16-6-5-7-29-16/h5-9,13H,10-11H2,1-4H3,(H,21,23)(H,22,24)/t13-/m0/s1. The fraction of sp³-hybridized carbons (Fsp3) is 0.400. The Hall–Kier alpha value is -2.62. The van der Waals surface area contributed by atoms with Gasteiger partial charge in [0.25, 0.3) is 11.8 Å². The Kier molecular flexibility index (Phi) is 6.41. The number of methoxy groups -OCH3 is 2. The van der Waals surface area contributed by atoms with Crippen LogP contribution in [0.1, 0.15) is 33.9 Å².